The first-order valence-corrected chi connectivity index (χ1v) is 7.35. The maximum Gasteiger partial charge on any atom is 0.145 e. The van der Waals surface area contributed by atoms with Gasteiger partial charge >= 0.3 is 0 Å². The second-order valence-corrected chi connectivity index (χ2v) is 4.93. The number of aryl methyl sites for hydroxylation is 1. The molecule has 0 aliphatic heterocycles. The number of nitrogens with zero attached hydrogens (tertiary/aromatic N) is 3. The Morgan fingerprint density at radius 3 is 2.59 bits per heavy atom. The van der Waals surface area contributed by atoms with Gasteiger partial charge in [0.15, 0.2) is 0 Å². The van der Waals surface area contributed by atoms with Gasteiger partial charge < -0.3 is 4.74 Å². The summed E-state index contributed by atoms with van der Waals surface area (Å²) in [7, 11) is 0. The summed E-state index contributed by atoms with van der Waals surface area (Å²) in [6.07, 6.45) is 9.05. The molecule has 0 amide bonds. The standard InChI is InChI=1S/C18H17N3O/c1-2-6-14-11-21-17(13-20-14)16-8-3-4-9-18(16)22-15-7-5-10-19-12-15/h3-5,7-13H,2,6H2,1H3. The first-order valence-electron chi connectivity index (χ1n) is 7.35. The fraction of sp³-hybridized carbons (Fsp3) is 0.167. The Morgan fingerprint density at radius 2 is 1.86 bits per heavy atom. The predicted molar refractivity (Wildman–Crippen MR) is 85.8 cm³/mol. The molecule has 0 radical (unpaired) electrons. The van der Waals surface area contributed by atoms with E-state index in [9.17, 15) is 0 Å². The molecule has 2 aromatic heterocycles. The number of hydrogen-bond acceptors (Lipinski definition) is 4. The highest BCUT2D eigenvalue weighted by Gasteiger charge is 2.09. The van der Waals surface area contributed by atoms with Crippen LogP contribution in [0.1, 0.15) is 19.0 Å². The summed E-state index contributed by atoms with van der Waals surface area (Å²) < 4.78 is 5.91. The van der Waals surface area contributed by atoms with Gasteiger partial charge in [-0.3, -0.25) is 15.0 Å². The van der Waals surface area contributed by atoms with E-state index in [0.29, 0.717) is 5.75 Å². The van der Waals surface area contributed by atoms with Gasteiger partial charge in [0, 0.05) is 18.0 Å². The maximum atomic E-state index is 5.91. The van der Waals surface area contributed by atoms with E-state index in [0.717, 1.165) is 35.5 Å². The first kappa shape index (κ1) is 14.2. The molecule has 1 aromatic carbocycles. The van der Waals surface area contributed by atoms with E-state index in [-0.39, 0.29) is 0 Å². The molecular formula is C18H17N3O. The van der Waals surface area contributed by atoms with Crippen molar-refractivity contribution in [3.8, 4) is 22.8 Å². The second-order valence-electron chi connectivity index (χ2n) is 4.93. The summed E-state index contributed by atoms with van der Waals surface area (Å²) in [5.74, 6) is 1.44. The normalized spacial score (nSPS) is 10.4. The van der Waals surface area contributed by atoms with Crippen LogP contribution >= 0.6 is 0 Å². The van der Waals surface area contributed by atoms with Gasteiger partial charge in [-0.15, -0.1) is 0 Å². The van der Waals surface area contributed by atoms with Gasteiger partial charge in [-0.25, -0.2) is 0 Å². The predicted octanol–water partition coefficient (Wildman–Crippen LogP) is 4.28. The number of pyridine rings is 1. The molecule has 110 valence electrons. The van der Waals surface area contributed by atoms with Gasteiger partial charge in [-0.05, 0) is 30.7 Å². The van der Waals surface area contributed by atoms with E-state index in [1.807, 2.05) is 42.6 Å². The fourth-order valence-electron chi connectivity index (χ4n) is 2.18. The average Bonchev–Trinajstić information content (AvgIpc) is 2.58. The fourth-order valence-corrected chi connectivity index (χ4v) is 2.18. The lowest BCUT2D eigenvalue weighted by atomic mass is 10.1. The minimum Gasteiger partial charge on any atom is -0.455 e. The summed E-state index contributed by atoms with van der Waals surface area (Å²) in [6.45, 7) is 2.13. The van der Waals surface area contributed by atoms with E-state index in [2.05, 4.69) is 21.9 Å². The molecule has 0 spiro atoms. The minimum atomic E-state index is 0.700. The van der Waals surface area contributed by atoms with Crippen molar-refractivity contribution in [1.82, 2.24) is 15.0 Å². The van der Waals surface area contributed by atoms with Crippen LogP contribution < -0.4 is 4.74 Å². The molecule has 2 heterocycles. The van der Waals surface area contributed by atoms with Crippen molar-refractivity contribution < 1.29 is 4.74 Å². The summed E-state index contributed by atoms with van der Waals surface area (Å²) in [4.78, 5) is 13.0. The molecule has 3 rings (SSSR count). The Hall–Kier alpha value is -2.75. The number of aromatic nitrogens is 3. The molecule has 4 nitrogen and oxygen atoms in total. The molecule has 0 saturated carbocycles. The van der Waals surface area contributed by atoms with E-state index in [1.165, 1.54) is 0 Å². The summed E-state index contributed by atoms with van der Waals surface area (Å²) in [5.41, 5.74) is 2.73. The molecule has 0 aliphatic rings. The van der Waals surface area contributed by atoms with Crippen LogP contribution in [-0.4, -0.2) is 15.0 Å². The maximum absolute atomic E-state index is 5.91. The zero-order chi connectivity index (χ0) is 15.2. The van der Waals surface area contributed by atoms with Crippen molar-refractivity contribution in [1.29, 1.82) is 0 Å². The van der Waals surface area contributed by atoms with E-state index >= 15 is 0 Å². The molecule has 0 saturated heterocycles. The van der Waals surface area contributed by atoms with E-state index < -0.39 is 0 Å². The van der Waals surface area contributed by atoms with E-state index in [1.54, 1.807) is 18.6 Å². The molecular weight excluding hydrogens is 274 g/mol. The van der Waals surface area contributed by atoms with Crippen molar-refractivity contribution >= 4 is 0 Å². The average molecular weight is 291 g/mol. The number of para-hydroxylation sites is 1. The van der Waals surface area contributed by atoms with Crippen LogP contribution in [0.5, 0.6) is 11.5 Å². The number of rotatable bonds is 5. The summed E-state index contributed by atoms with van der Waals surface area (Å²) in [5, 5.41) is 0. The molecule has 0 atom stereocenters. The van der Waals surface area contributed by atoms with Crippen molar-refractivity contribution in [2.75, 3.05) is 0 Å². The second kappa shape index (κ2) is 6.80. The molecule has 0 fully saturated rings. The van der Waals surface area contributed by atoms with E-state index in [4.69, 9.17) is 4.74 Å². The third-order valence-corrected chi connectivity index (χ3v) is 3.24. The Bertz CT molecular complexity index is 727. The highest BCUT2D eigenvalue weighted by Crippen LogP contribution is 2.31. The largest absolute Gasteiger partial charge is 0.455 e. The van der Waals surface area contributed by atoms with Crippen LogP contribution in [0.4, 0.5) is 0 Å². The van der Waals surface area contributed by atoms with Gasteiger partial charge in [0.1, 0.15) is 11.5 Å². The van der Waals surface area contributed by atoms with Crippen molar-refractivity contribution in [2.24, 2.45) is 0 Å². The topological polar surface area (TPSA) is 47.9 Å². The van der Waals surface area contributed by atoms with Crippen molar-refractivity contribution in [3.05, 3.63) is 66.9 Å². The lowest BCUT2D eigenvalue weighted by Crippen LogP contribution is -1.94. The molecule has 0 aliphatic carbocycles. The van der Waals surface area contributed by atoms with Gasteiger partial charge in [-0.1, -0.05) is 25.5 Å². The highest BCUT2D eigenvalue weighted by atomic mass is 16.5. The molecule has 4 heteroatoms. The van der Waals surface area contributed by atoms with Crippen LogP contribution in [0.2, 0.25) is 0 Å². The Morgan fingerprint density at radius 1 is 0.955 bits per heavy atom. The molecule has 3 aromatic rings. The molecule has 0 bridgehead atoms. The van der Waals surface area contributed by atoms with Gasteiger partial charge in [-0.2, -0.15) is 0 Å². The first-order chi connectivity index (χ1) is 10.9. The van der Waals surface area contributed by atoms with Gasteiger partial charge in [0.25, 0.3) is 0 Å². The number of benzene rings is 1. The van der Waals surface area contributed by atoms with Crippen LogP contribution in [-0.2, 0) is 6.42 Å². The van der Waals surface area contributed by atoms with Crippen LogP contribution in [0.15, 0.2) is 61.2 Å². The monoisotopic (exact) mass is 291 g/mol. The van der Waals surface area contributed by atoms with Gasteiger partial charge in [0.05, 0.1) is 23.8 Å². The summed E-state index contributed by atoms with van der Waals surface area (Å²) in [6, 6.07) is 11.5. The number of hydrogen-bond donors (Lipinski definition) is 0. The highest BCUT2D eigenvalue weighted by molar-refractivity contribution is 5.66. The Labute approximate surface area is 129 Å². The Balaban J connectivity index is 1.90. The number of ether oxygens (including phenoxy) is 1. The zero-order valence-electron chi connectivity index (χ0n) is 12.4. The van der Waals surface area contributed by atoms with Crippen LogP contribution in [0.3, 0.4) is 0 Å². The molecule has 0 N–H and O–H groups in total. The van der Waals surface area contributed by atoms with Crippen molar-refractivity contribution in [2.45, 2.75) is 19.8 Å². The lowest BCUT2D eigenvalue weighted by Gasteiger charge is -2.10. The van der Waals surface area contributed by atoms with Crippen LogP contribution in [0, 0.1) is 0 Å². The van der Waals surface area contributed by atoms with Crippen LogP contribution in [0.25, 0.3) is 11.3 Å². The Kier molecular flexibility index (Phi) is 4.39. The quantitative estimate of drug-likeness (QED) is 0.704. The third kappa shape index (κ3) is 3.28. The zero-order valence-corrected chi connectivity index (χ0v) is 12.4. The smallest absolute Gasteiger partial charge is 0.145 e. The third-order valence-electron chi connectivity index (χ3n) is 3.24. The lowest BCUT2D eigenvalue weighted by molar-refractivity contribution is 0.482. The molecule has 0 unspecified atom stereocenters. The SMILES string of the molecule is CCCc1cnc(-c2ccccc2Oc2cccnc2)cn1. The summed E-state index contributed by atoms with van der Waals surface area (Å²) >= 11 is 0. The molecule has 22 heavy (non-hydrogen) atoms. The minimum absolute atomic E-state index is 0.700. The van der Waals surface area contributed by atoms with Gasteiger partial charge in [0.2, 0.25) is 0 Å². The van der Waals surface area contributed by atoms with Crippen molar-refractivity contribution in [3.63, 3.8) is 0 Å².